The van der Waals surface area contributed by atoms with Crippen molar-refractivity contribution in [2.24, 2.45) is 0 Å². The van der Waals surface area contributed by atoms with Crippen molar-refractivity contribution < 1.29 is 23.2 Å². The van der Waals surface area contributed by atoms with Crippen molar-refractivity contribution in [2.45, 2.75) is 0 Å². The Morgan fingerprint density at radius 1 is 0.969 bits per heavy atom. The van der Waals surface area contributed by atoms with E-state index < -0.39 is 17.6 Å². The van der Waals surface area contributed by atoms with Crippen LogP contribution in [0.2, 0.25) is 0 Å². The van der Waals surface area contributed by atoms with E-state index in [1.54, 1.807) is 36.7 Å². The number of methoxy groups -OCH3 is 1. The average molecular weight is 432 g/mol. The Morgan fingerprint density at radius 3 is 2.53 bits per heavy atom. The lowest BCUT2D eigenvalue weighted by Gasteiger charge is -2.12. The number of carbonyl (C=O) groups excluding carboxylic acids is 2. The van der Waals surface area contributed by atoms with Crippen LogP contribution in [0.4, 0.5) is 15.8 Å². The monoisotopic (exact) mass is 432 g/mol. The fourth-order valence-electron chi connectivity index (χ4n) is 2.94. The highest BCUT2D eigenvalue weighted by Gasteiger charge is 2.16. The summed E-state index contributed by atoms with van der Waals surface area (Å²) in [5, 5.41) is 9.16. The van der Waals surface area contributed by atoms with Gasteiger partial charge in [0, 0.05) is 35.3 Å². The van der Waals surface area contributed by atoms with Crippen LogP contribution in [0.5, 0.6) is 5.75 Å². The summed E-state index contributed by atoms with van der Waals surface area (Å²) >= 11 is 0. The van der Waals surface area contributed by atoms with Crippen LogP contribution >= 0.6 is 0 Å². The van der Waals surface area contributed by atoms with Gasteiger partial charge < -0.3 is 19.9 Å². The van der Waals surface area contributed by atoms with Gasteiger partial charge >= 0.3 is 0 Å². The van der Waals surface area contributed by atoms with Crippen LogP contribution in [0.1, 0.15) is 20.8 Å². The van der Waals surface area contributed by atoms with Crippen LogP contribution in [-0.4, -0.2) is 29.1 Å². The number of rotatable bonds is 6. The quantitative estimate of drug-likeness (QED) is 0.468. The maximum absolute atomic E-state index is 13.4. The molecule has 0 radical (unpaired) electrons. The molecule has 4 aromatic rings. The smallest absolute Gasteiger partial charge is 0.277 e. The second-order valence-corrected chi connectivity index (χ2v) is 6.65. The van der Waals surface area contributed by atoms with E-state index >= 15 is 0 Å². The van der Waals surface area contributed by atoms with Gasteiger partial charge in [-0.3, -0.25) is 14.6 Å². The Labute approximate surface area is 182 Å². The van der Waals surface area contributed by atoms with Crippen molar-refractivity contribution >= 4 is 23.2 Å². The van der Waals surface area contributed by atoms with Gasteiger partial charge in [0.25, 0.3) is 11.8 Å². The Kier molecular flexibility index (Phi) is 5.89. The van der Waals surface area contributed by atoms with E-state index in [2.05, 4.69) is 20.8 Å². The first kappa shape index (κ1) is 20.7. The number of hydrogen-bond donors (Lipinski definition) is 2. The lowest BCUT2D eigenvalue weighted by atomic mass is 10.2. The minimum absolute atomic E-state index is 0.0815. The van der Waals surface area contributed by atoms with E-state index in [1.165, 1.54) is 37.4 Å². The van der Waals surface area contributed by atoms with Crippen molar-refractivity contribution in [3.05, 3.63) is 90.1 Å². The maximum Gasteiger partial charge on any atom is 0.277 e. The third-order valence-corrected chi connectivity index (χ3v) is 4.50. The number of ether oxygens (including phenoxy) is 1. The second-order valence-electron chi connectivity index (χ2n) is 6.65. The Bertz CT molecular complexity index is 1270. The van der Waals surface area contributed by atoms with Crippen molar-refractivity contribution in [2.75, 3.05) is 17.7 Å². The number of halogens is 1. The lowest BCUT2D eigenvalue weighted by molar-refractivity contribution is 0.101. The van der Waals surface area contributed by atoms with Crippen LogP contribution in [-0.2, 0) is 0 Å². The summed E-state index contributed by atoms with van der Waals surface area (Å²) in [6.07, 6.45) is 3.21. The van der Waals surface area contributed by atoms with Gasteiger partial charge in [-0.2, -0.15) is 0 Å². The molecule has 0 bridgehead atoms. The number of nitrogens with zero attached hydrogens (tertiary/aromatic N) is 2. The molecule has 0 unspecified atom stereocenters. The third-order valence-electron chi connectivity index (χ3n) is 4.50. The summed E-state index contributed by atoms with van der Waals surface area (Å²) in [4.78, 5) is 29.0. The Balaban J connectivity index is 1.51. The molecule has 0 saturated carbocycles. The van der Waals surface area contributed by atoms with Gasteiger partial charge in [-0.1, -0.05) is 11.2 Å². The first-order valence-corrected chi connectivity index (χ1v) is 9.47. The van der Waals surface area contributed by atoms with Crippen molar-refractivity contribution in [3.63, 3.8) is 0 Å². The number of anilines is 2. The number of benzene rings is 2. The van der Waals surface area contributed by atoms with Gasteiger partial charge in [0.1, 0.15) is 11.6 Å². The first-order chi connectivity index (χ1) is 15.5. The summed E-state index contributed by atoms with van der Waals surface area (Å²) in [5.41, 5.74) is 1.65. The first-order valence-electron chi connectivity index (χ1n) is 9.47. The van der Waals surface area contributed by atoms with E-state index in [1.807, 2.05) is 0 Å². The van der Waals surface area contributed by atoms with Crippen LogP contribution in [0.3, 0.4) is 0 Å². The predicted octanol–water partition coefficient (Wildman–Crippen LogP) is 4.39. The third kappa shape index (κ3) is 4.62. The molecule has 0 atom stereocenters. The van der Waals surface area contributed by atoms with Crippen molar-refractivity contribution in [1.82, 2.24) is 10.1 Å². The Morgan fingerprint density at radius 2 is 1.78 bits per heavy atom. The van der Waals surface area contributed by atoms with E-state index in [9.17, 15) is 14.0 Å². The zero-order chi connectivity index (χ0) is 22.5. The standard InChI is InChI=1S/C23H17FN4O4/c1-31-20-6-5-17(12-18(20)27-22(29)15-3-2-4-16(24)11-15)26-23(30)19-13-21(32-28-19)14-7-9-25-10-8-14/h2-13H,1H3,(H,26,30)(H,27,29). The summed E-state index contributed by atoms with van der Waals surface area (Å²) in [6.45, 7) is 0. The molecule has 0 fully saturated rings. The molecular formula is C23H17FN4O4. The van der Waals surface area contributed by atoms with Crippen molar-refractivity contribution in [1.29, 1.82) is 0 Å². The molecule has 4 rings (SSSR count). The number of nitrogens with one attached hydrogen (secondary N) is 2. The highest BCUT2D eigenvalue weighted by atomic mass is 19.1. The average Bonchev–Trinajstić information content (AvgIpc) is 3.30. The molecular weight excluding hydrogens is 415 g/mol. The second kappa shape index (κ2) is 9.09. The maximum atomic E-state index is 13.4. The molecule has 2 aromatic heterocycles. The highest BCUT2D eigenvalue weighted by molar-refractivity contribution is 6.06. The molecule has 2 amide bonds. The predicted molar refractivity (Wildman–Crippen MR) is 115 cm³/mol. The van der Waals surface area contributed by atoms with Gasteiger partial charge in [-0.05, 0) is 48.5 Å². The number of hydrogen-bond acceptors (Lipinski definition) is 6. The largest absolute Gasteiger partial charge is 0.495 e. The molecule has 2 aromatic carbocycles. The molecule has 2 N–H and O–H groups in total. The molecule has 0 spiro atoms. The summed E-state index contributed by atoms with van der Waals surface area (Å²) in [6, 6.07) is 15.0. The topological polar surface area (TPSA) is 106 Å². The van der Waals surface area contributed by atoms with Gasteiger partial charge in [-0.25, -0.2) is 4.39 Å². The molecule has 0 aliphatic heterocycles. The molecule has 0 aliphatic carbocycles. The number of amides is 2. The van der Waals surface area contributed by atoms with Gasteiger partial charge in [0.05, 0.1) is 12.8 Å². The molecule has 32 heavy (non-hydrogen) atoms. The zero-order valence-corrected chi connectivity index (χ0v) is 16.8. The van der Waals surface area contributed by atoms with Crippen LogP contribution in [0.15, 0.2) is 77.6 Å². The fourth-order valence-corrected chi connectivity index (χ4v) is 2.94. The van der Waals surface area contributed by atoms with E-state index in [0.29, 0.717) is 22.9 Å². The molecule has 160 valence electrons. The molecule has 0 saturated heterocycles. The number of aromatic nitrogens is 2. The fraction of sp³-hybridized carbons (Fsp3) is 0.0435. The zero-order valence-electron chi connectivity index (χ0n) is 16.8. The van der Waals surface area contributed by atoms with Crippen LogP contribution in [0, 0.1) is 5.82 Å². The normalized spacial score (nSPS) is 10.4. The minimum atomic E-state index is -0.524. The molecule has 2 heterocycles. The number of carbonyl (C=O) groups is 2. The minimum Gasteiger partial charge on any atom is -0.495 e. The molecule has 0 aliphatic rings. The van der Waals surface area contributed by atoms with Gasteiger partial charge in [0.2, 0.25) is 0 Å². The molecule has 9 heteroatoms. The van der Waals surface area contributed by atoms with Gasteiger partial charge in [-0.15, -0.1) is 0 Å². The lowest BCUT2D eigenvalue weighted by Crippen LogP contribution is -2.15. The van der Waals surface area contributed by atoms with Crippen molar-refractivity contribution in [3.8, 4) is 17.1 Å². The molecule has 8 nitrogen and oxygen atoms in total. The highest BCUT2D eigenvalue weighted by Crippen LogP contribution is 2.29. The van der Waals surface area contributed by atoms with Crippen LogP contribution in [0.25, 0.3) is 11.3 Å². The summed E-state index contributed by atoms with van der Waals surface area (Å²) < 4.78 is 23.9. The summed E-state index contributed by atoms with van der Waals surface area (Å²) in [5.74, 6) is -0.750. The Hall–Kier alpha value is -4.53. The van der Waals surface area contributed by atoms with E-state index in [0.717, 1.165) is 11.6 Å². The summed E-state index contributed by atoms with van der Waals surface area (Å²) in [7, 11) is 1.45. The van der Waals surface area contributed by atoms with E-state index in [-0.39, 0.29) is 11.3 Å². The SMILES string of the molecule is COc1ccc(NC(=O)c2cc(-c3ccncc3)on2)cc1NC(=O)c1cccc(F)c1. The van der Waals surface area contributed by atoms with E-state index in [4.69, 9.17) is 9.26 Å². The van der Waals surface area contributed by atoms with Crippen LogP contribution < -0.4 is 15.4 Å². The van der Waals surface area contributed by atoms with Gasteiger partial charge in [0.15, 0.2) is 11.5 Å². The number of pyridine rings is 1.